The smallest absolute Gasteiger partial charge is 0.335 e. The number of pyridine rings is 1. The maximum atomic E-state index is 11.4. The van der Waals surface area contributed by atoms with E-state index < -0.39 is 5.97 Å². The number of nitrogen functional groups attached to an aromatic ring is 1. The number of aryl methyl sites for hydroxylation is 2. The van der Waals surface area contributed by atoms with Crippen LogP contribution in [0.4, 0.5) is 5.95 Å². The molecule has 1 aromatic carbocycles. The number of hydrogen-bond acceptors (Lipinski definition) is 6. The maximum absolute atomic E-state index is 11.4. The van der Waals surface area contributed by atoms with Crippen molar-refractivity contribution in [1.29, 1.82) is 0 Å². The topological polar surface area (TPSA) is 121 Å². The maximum Gasteiger partial charge on any atom is 0.335 e. The average Bonchev–Trinajstić information content (AvgIpc) is 3.29. The third-order valence-corrected chi connectivity index (χ3v) is 6.17. The molecule has 0 spiro atoms. The molecule has 0 radical (unpaired) electrons. The third-order valence-electron chi connectivity index (χ3n) is 5.67. The van der Waals surface area contributed by atoms with Gasteiger partial charge in [-0.15, -0.1) is 0 Å². The molecule has 4 aromatic rings. The Morgan fingerprint density at radius 1 is 1.26 bits per heavy atom. The highest BCUT2D eigenvalue weighted by Gasteiger charge is 2.17. The van der Waals surface area contributed by atoms with Gasteiger partial charge in [0.1, 0.15) is 0 Å². The van der Waals surface area contributed by atoms with Crippen molar-refractivity contribution in [2.24, 2.45) is 13.0 Å². The van der Waals surface area contributed by atoms with Gasteiger partial charge in [0, 0.05) is 23.8 Å². The number of nitrogens with two attached hydrogens (primary N) is 1. The molecule has 3 aromatic heterocycles. The van der Waals surface area contributed by atoms with Gasteiger partial charge in [-0.1, -0.05) is 22.9 Å². The molecule has 0 bridgehead atoms. The first-order valence-corrected chi connectivity index (χ1v) is 11.8. The number of fused-ring (bicyclic) bond motifs is 1. The highest BCUT2D eigenvalue weighted by molar-refractivity contribution is 9.10. The quantitative estimate of drug-likeness (QED) is 0.303. The Kier molecular flexibility index (Phi) is 6.87. The van der Waals surface area contributed by atoms with Gasteiger partial charge in [0.2, 0.25) is 11.8 Å². The molecule has 0 unspecified atom stereocenters. The van der Waals surface area contributed by atoms with Gasteiger partial charge in [-0.05, 0) is 56.0 Å². The van der Waals surface area contributed by atoms with Crippen LogP contribution in [0.25, 0.3) is 22.3 Å². The molecule has 0 saturated carbocycles. The van der Waals surface area contributed by atoms with Gasteiger partial charge >= 0.3 is 5.97 Å². The van der Waals surface area contributed by atoms with Crippen LogP contribution in [0, 0.1) is 12.8 Å². The number of ether oxygens (including phenoxy) is 1. The number of halogens is 1. The van der Waals surface area contributed by atoms with Crippen molar-refractivity contribution >= 4 is 38.9 Å². The van der Waals surface area contributed by atoms with E-state index in [1.807, 2.05) is 18.2 Å². The second-order valence-electron chi connectivity index (χ2n) is 8.48. The number of imidazole rings is 1. The van der Waals surface area contributed by atoms with Crippen LogP contribution in [0.5, 0.6) is 5.88 Å². The number of hydrogen-bond donors (Lipinski definition) is 2. The van der Waals surface area contributed by atoms with Gasteiger partial charge in [0.05, 0.1) is 40.7 Å². The molecular formula is C24H27BrN6O3. The largest absolute Gasteiger partial charge is 0.478 e. The predicted molar refractivity (Wildman–Crippen MR) is 134 cm³/mol. The molecule has 10 heteroatoms. The lowest BCUT2D eigenvalue weighted by Gasteiger charge is -2.15. The normalized spacial score (nSPS) is 12.2. The van der Waals surface area contributed by atoms with Gasteiger partial charge in [-0.2, -0.15) is 5.10 Å². The monoisotopic (exact) mass is 526 g/mol. The highest BCUT2D eigenvalue weighted by Crippen LogP contribution is 2.29. The van der Waals surface area contributed by atoms with Gasteiger partial charge in [0.25, 0.3) is 0 Å². The van der Waals surface area contributed by atoms with Crippen molar-refractivity contribution in [2.45, 2.75) is 33.2 Å². The second-order valence-corrected chi connectivity index (χ2v) is 9.40. The van der Waals surface area contributed by atoms with Crippen molar-refractivity contribution in [3.8, 4) is 17.1 Å². The highest BCUT2D eigenvalue weighted by atomic mass is 79.9. The van der Waals surface area contributed by atoms with E-state index in [9.17, 15) is 9.90 Å². The van der Waals surface area contributed by atoms with E-state index in [4.69, 9.17) is 10.5 Å². The van der Waals surface area contributed by atoms with E-state index in [0.717, 1.165) is 34.9 Å². The Morgan fingerprint density at radius 3 is 2.82 bits per heavy atom. The Labute approximate surface area is 205 Å². The summed E-state index contributed by atoms with van der Waals surface area (Å²) in [5.41, 5.74) is 10.1. The Bertz CT molecular complexity index is 1350. The van der Waals surface area contributed by atoms with E-state index in [2.05, 4.69) is 42.5 Å². The predicted octanol–water partition coefficient (Wildman–Crippen LogP) is 4.68. The van der Waals surface area contributed by atoms with Crippen LogP contribution in [0.15, 0.2) is 41.0 Å². The molecule has 9 nitrogen and oxygen atoms in total. The fourth-order valence-electron chi connectivity index (χ4n) is 4.02. The molecule has 34 heavy (non-hydrogen) atoms. The number of aromatic carboxylic acids is 1. The molecule has 178 valence electrons. The molecular weight excluding hydrogens is 500 g/mol. The number of aromatic nitrogens is 5. The van der Waals surface area contributed by atoms with Crippen LogP contribution in [0.3, 0.4) is 0 Å². The van der Waals surface area contributed by atoms with E-state index in [-0.39, 0.29) is 5.56 Å². The fraction of sp³-hybridized carbons (Fsp3) is 0.333. The van der Waals surface area contributed by atoms with Crippen LogP contribution in [0.2, 0.25) is 0 Å². The number of rotatable bonds is 9. The first-order valence-electron chi connectivity index (χ1n) is 11.0. The van der Waals surface area contributed by atoms with Crippen LogP contribution >= 0.6 is 15.9 Å². The number of benzene rings is 1. The van der Waals surface area contributed by atoms with Crippen molar-refractivity contribution in [3.05, 3.63) is 52.3 Å². The van der Waals surface area contributed by atoms with Gasteiger partial charge in [0.15, 0.2) is 0 Å². The number of anilines is 1. The molecule has 0 fully saturated rings. The minimum absolute atomic E-state index is 0.185. The first kappa shape index (κ1) is 23.7. The second kappa shape index (κ2) is 9.84. The SMILES string of the molecule is Cc1cc(C(=O)O)cc(-c2cnn(C)c2OCCC[C@@H](C)Cn2c(N)nc3cc(Br)ccc32)n1. The molecule has 4 rings (SSSR count). The summed E-state index contributed by atoms with van der Waals surface area (Å²) in [6, 6.07) is 9.07. The summed E-state index contributed by atoms with van der Waals surface area (Å²) >= 11 is 3.47. The fourth-order valence-corrected chi connectivity index (χ4v) is 4.37. The summed E-state index contributed by atoms with van der Waals surface area (Å²) in [6.07, 6.45) is 3.43. The number of nitrogens with zero attached hydrogens (tertiary/aromatic N) is 5. The summed E-state index contributed by atoms with van der Waals surface area (Å²) in [6.45, 7) is 5.22. The molecule has 0 saturated heterocycles. The Morgan fingerprint density at radius 2 is 2.06 bits per heavy atom. The minimum atomic E-state index is -0.994. The Balaban J connectivity index is 1.38. The molecule has 0 aliphatic carbocycles. The lowest BCUT2D eigenvalue weighted by molar-refractivity contribution is 0.0696. The van der Waals surface area contributed by atoms with Crippen molar-refractivity contribution in [1.82, 2.24) is 24.3 Å². The van der Waals surface area contributed by atoms with Gasteiger partial charge in [-0.25, -0.2) is 14.5 Å². The van der Waals surface area contributed by atoms with Crippen LogP contribution in [-0.4, -0.2) is 42.0 Å². The number of carbonyl (C=O) groups is 1. The molecule has 3 heterocycles. The van der Waals surface area contributed by atoms with Crippen LogP contribution < -0.4 is 10.5 Å². The van der Waals surface area contributed by atoms with Gasteiger partial charge < -0.3 is 20.1 Å². The first-order chi connectivity index (χ1) is 16.2. The summed E-state index contributed by atoms with van der Waals surface area (Å²) < 4.78 is 10.7. The average molecular weight is 527 g/mol. The third kappa shape index (κ3) is 5.06. The summed E-state index contributed by atoms with van der Waals surface area (Å²) in [7, 11) is 1.79. The molecule has 0 aliphatic rings. The summed E-state index contributed by atoms with van der Waals surface area (Å²) in [5, 5.41) is 13.6. The van der Waals surface area contributed by atoms with Crippen LogP contribution in [-0.2, 0) is 13.6 Å². The lowest BCUT2D eigenvalue weighted by Crippen LogP contribution is -2.12. The van der Waals surface area contributed by atoms with E-state index in [1.165, 1.54) is 0 Å². The Hall–Kier alpha value is -3.40. The van der Waals surface area contributed by atoms with Crippen molar-refractivity contribution < 1.29 is 14.6 Å². The zero-order valence-electron chi connectivity index (χ0n) is 19.3. The summed E-state index contributed by atoms with van der Waals surface area (Å²) in [4.78, 5) is 20.4. The summed E-state index contributed by atoms with van der Waals surface area (Å²) in [5.74, 6) is 0.459. The molecule has 1 atom stereocenters. The van der Waals surface area contributed by atoms with E-state index in [0.29, 0.717) is 41.3 Å². The lowest BCUT2D eigenvalue weighted by atomic mass is 10.1. The van der Waals surface area contributed by atoms with Crippen molar-refractivity contribution in [3.63, 3.8) is 0 Å². The zero-order chi connectivity index (χ0) is 24.4. The van der Waals surface area contributed by atoms with Crippen molar-refractivity contribution in [2.75, 3.05) is 12.3 Å². The molecule has 3 N–H and O–H groups in total. The minimum Gasteiger partial charge on any atom is -0.478 e. The standard InChI is InChI=1S/C24H27BrN6O3/c1-14(13-31-21-7-6-17(25)11-20(21)29-24(31)26)5-4-8-34-22-18(12-27-30(22)3)19-10-16(23(32)33)9-15(2)28-19/h6-7,9-12,14H,4-5,8,13H2,1-3H3,(H2,26,29)(H,32,33)/t14-/m1/s1. The van der Waals surface area contributed by atoms with E-state index in [1.54, 1.807) is 37.0 Å². The number of carboxylic acid groups (broad SMARTS) is 1. The van der Waals surface area contributed by atoms with E-state index >= 15 is 0 Å². The van der Waals surface area contributed by atoms with Gasteiger partial charge in [-0.3, -0.25) is 4.98 Å². The zero-order valence-corrected chi connectivity index (χ0v) is 20.9. The number of carboxylic acids is 1. The molecule has 0 aliphatic heterocycles. The van der Waals surface area contributed by atoms with Crippen LogP contribution in [0.1, 0.15) is 35.8 Å². The molecule has 0 amide bonds.